The second-order valence-electron chi connectivity index (χ2n) is 3.81. The second kappa shape index (κ2) is 5.86. The van der Waals surface area contributed by atoms with Crippen LogP contribution in [0.1, 0.15) is 22.8 Å². The molecule has 0 atom stereocenters. The maximum absolute atomic E-state index is 11.1. The average molecular weight is 250 g/mol. The Morgan fingerprint density at radius 1 is 1.39 bits per heavy atom. The number of hydrogen-bond acceptors (Lipinski definition) is 4. The molecule has 0 aromatic heterocycles. The van der Waals surface area contributed by atoms with Gasteiger partial charge in [0.1, 0.15) is 5.75 Å². The largest absolute Gasteiger partial charge is 0.508 e. The van der Waals surface area contributed by atoms with Crippen molar-refractivity contribution in [2.45, 2.75) is 13.3 Å². The minimum Gasteiger partial charge on any atom is -0.508 e. The van der Waals surface area contributed by atoms with Crippen molar-refractivity contribution in [1.29, 1.82) is 0 Å². The summed E-state index contributed by atoms with van der Waals surface area (Å²) in [6.07, 6.45) is 0.217. The van der Waals surface area contributed by atoms with E-state index in [-0.39, 0.29) is 29.9 Å². The molecule has 1 rings (SSSR count). The van der Waals surface area contributed by atoms with Crippen LogP contribution in [0, 0.1) is 0 Å². The smallest absolute Gasteiger partial charge is 0.335 e. The number of aromatic carboxylic acids is 1. The number of phenolic OH excluding ortho intramolecular Hbond substituents is 1. The van der Waals surface area contributed by atoms with Gasteiger partial charge in [-0.3, -0.25) is 0 Å². The Kier molecular flexibility index (Phi) is 4.48. The first-order valence-corrected chi connectivity index (χ1v) is 5.29. The van der Waals surface area contributed by atoms with Crippen molar-refractivity contribution in [3.8, 4) is 5.75 Å². The Hall–Kier alpha value is -2.30. The number of carbonyl (C=O) groups is 2. The quantitative estimate of drug-likeness (QED) is 0.614. The van der Waals surface area contributed by atoms with E-state index in [1.807, 2.05) is 0 Å². The van der Waals surface area contributed by atoms with Crippen molar-refractivity contribution in [1.82, 2.24) is 0 Å². The summed E-state index contributed by atoms with van der Waals surface area (Å²) >= 11 is 0. The molecule has 0 saturated heterocycles. The third kappa shape index (κ3) is 3.62. The first kappa shape index (κ1) is 13.8. The molecule has 0 aliphatic rings. The van der Waals surface area contributed by atoms with E-state index < -0.39 is 11.9 Å². The van der Waals surface area contributed by atoms with Gasteiger partial charge in [-0.1, -0.05) is 6.58 Å². The van der Waals surface area contributed by atoms with E-state index in [1.54, 1.807) is 0 Å². The van der Waals surface area contributed by atoms with Gasteiger partial charge in [0.15, 0.2) is 0 Å². The average Bonchev–Trinajstić information content (AvgIpc) is 2.28. The number of aromatic hydroxyl groups is 1. The number of carboxylic acid groups (broad SMARTS) is 1. The van der Waals surface area contributed by atoms with E-state index in [0.29, 0.717) is 5.56 Å². The van der Waals surface area contributed by atoms with Gasteiger partial charge in [0, 0.05) is 12.0 Å². The Bertz CT molecular complexity index is 490. The van der Waals surface area contributed by atoms with Crippen LogP contribution in [0.2, 0.25) is 0 Å². The molecule has 1 aromatic rings. The van der Waals surface area contributed by atoms with Gasteiger partial charge in [-0.25, -0.2) is 9.59 Å². The molecule has 0 bridgehead atoms. The molecular weight excluding hydrogens is 236 g/mol. The van der Waals surface area contributed by atoms with E-state index in [4.69, 9.17) is 9.84 Å². The first-order valence-electron chi connectivity index (χ1n) is 5.29. The molecule has 0 aliphatic heterocycles. The molecular formula is C13H14O5. The normalized spacial score (nSPS) is 9.83. The molecule has 0 heterocycles. The van der Waals surface area contributed by atoms with Crippen molar-refractivity contribution < 1.29 is 24.5 Å². The maximum Gasteiger partial charge on any atom is 0.335 e. The lowest BCUT2D eigenvalue weighted by Gasteiger charge is -2.07. The molecule has 1 aromatic carbocycles. The zero-order valence-electron chi connectivity index (χ0n) is 9.97. The number of esters is 1. The second-order valence-corrected chi connectivity index (χ2v) is 3.81. The fourth-order valence-corrected chi connectivity index (χ4v) is 1.37. The van der Waals surface area contributed by atoms with E-state index >= 15 is 0 Å². The van der Waals surface area contributed by atoms with Gasteiger partial charge in [-0.15, -0.1) is 0 Å². The molecule has 5 nitrogen and oxygen atoms in total. The van der Waals surface area contributed by atoms with Crippen molar-refractivity contribution in [3.63, 3.8) is 0 Å². The van der Waals surface area contributed by atoms with Gasteiger partial charge in [0.25, 0.3) is 0 Å². The molecule has 0 radical (unpaired) electrons. The van der Waals surface area contributed by atoms with Gasteiger partial charge in [-0.2, -0.15) is 0 Å². The predicted octanol–water partition coefficient (Wildman–Crippen LogP) is 1.75. The zero-order chi connectivity index (χ0) is 13.7. The van der Waals surface area contributed by atoms with Crippen LogP contribution in [-0.2, 0) is 16.0 Å². The van der Waals surface area contributed by atoms with Gasteiger partial charge in [0.2, 0.25) is 0 Å². The summed E-state index contributed by atoms with van der Waals surface area (Å²) in [5.74, 6) is -1.63. The van der Waals surface area contributed by atoms with Gasteiger partial charge in [-0.05, 0) is 30.7 Å². The fourth-order valence-electron chi connectivity index (χ4n) is 1.37. The molecule has 0 fully saturated rings. The molecule has 0 aliphatic carbocycles. The summed E-state index contributed by atoms with van der Waals surface area (Å²) in [6.45, 7) is 5.00. The standard InChI is InChI=1S/C13H14O5/c1-8(2)13(17)18-6-5-9-7-10(14)3-4-11(9)12(15)16/h3-4,7,14H,1,5-6H2,2H3,(H,15,16). The van der Waals surface area contributed by atoms with Crippen molar-refractivity contribution in [2.75, 3.05) is 6.61 Å². The van der Waals surface area contributed by atoms with Crippen LogP contribution in [0.25, 0.3) is 0 Å². The Morgan fingerprint density at radius 3 is 2.61 bits per heavy atom. The lowest BCUT2D eigenvalue weighted by atomic mass is 10.0. The molecule has 2 N–H and O–H groups in total. The molecule has 0 amide bonds. The number of phenols is 1. The third-order valence-electron chi connectivity index (χ3n) is 2.27. The van der Waals surface area contributed by atoms with Crippen LogP contribution in [0.4, 0.5) is 0 Å². The molecule has 18 heavy (non-hydrogen) atoms. The fraction of sp³-hybridized carbons (Fsp3) is 0.231. The lowest BCUT2D eigenvalue weighted by Crippen LogP contribution is -2.10. The zero-order valence-corrected chi connectivity index (χ0v) is 9.97. The van der Waals surface area contributed by atoms with Crippen LogP contribution in [-0.4, -0.2) is 28.8 Å². The van der Waals surface area contributed by atoms with Crippen molar-refractivity contribution >= 4 is 11.9 Å². The van der Waals surface area contributed by atoms with Crippen LogP contribution < -0.4 is 0 Å². The minimum atomic E-state index is -1.09. The van der Waals surface area contributed by atoms with E-state index in [1.165, 1.54) is 25.1 Å². The summed E-state index contributed by atoms with van der Waals surface area (Å²) in [5.41, 5.74) is 0.778. The number of benzene rings is 1. The number of rotatable bonds is 5. The number of carboxylic acids is 1. The summed E-state index contributed by atoms with van der Waals surface area (Å²) in [5, 5.41) is 18.3. The van der Waals surface area contributed by atoms with Gasteiger partial charge < -0.3 is 14.9 Å². The van der Waals surface area contributed by atoms with Gasteiger partial charge in [0.05, 0.1) is 12.2 Å². The highest BCUT2D eigenvalue weighted by molar-refractivity contribution is 5.89. The van der Waals surface area contributed by atoms with Gasteiger partial charge >= 0.3 is 11.9 Å². The number of hydrogen-bond donors (Lipinski definition) is 2. The SMILES string of the molecule is C=C(C)C(=O)OCCc1cc(O)ccc1C(=O)O. The third-order valence-corrected chi connectivity index (χ3v) is 2.27. The topological polar surface area (TPSA) is 83.8 Å². The highest BCUT2D eigenvalue weighted by atomic mass is 16.5. The molecule has 0 saturated carbocycles. The van der Waals surface area contributed by atoms with Crippen LogP contribution in [0.15, 0.2) is 30.4 Å². The van der Waals surface area contributed by atoms with Crippen LogP contribution >= 0.6 is 0 Å². The number of carbonyl (C=O) groups excluding carboxylic acids is 1. The first-order chi connectivity index (χ1) is 8.41. The molecule has 0 unspecified atom stereocenters. The highest BCUT2D eigenvalue weighted by Gasteiger charge is 2.11. The predicted molar refractivity (Wildman–Crippen MR) is 64.5 cm³/mol. The lowest BCUT2D eigenvalue weighted by molar-refractivity contribution is -0.138. The molecule has 96 valence electrons. The van der Waals surface area contributed by atoms with E-state index in [2.05, 4.69) is 6.58 Å². The Labute approximate surface area is 104 Å². The van der Waals surface area contributed by atoms with E-state index in [9.17, 15) is 14.7 Å². The van der Waals surface area contributed by atoms with Crippen LogP contribution in [0.5, 0.6) is 5.75 Å². The maximum atomic E-state index is 11.1. The van der Waals surface area contributed by atoms with Crippen molar-refractivity contribution in [2.24, 2.45) is 0 Å². The Morgan fingerprint density at radius 2 is 2.06 bits per heavy atom. The minimum absolute atomic E-state index is 0.0266. The van der Waals surface area contributed by atoms with Crippen molar-refractivity contribution in [3.05, 3.63) is 41.5 Å². The molecule has 5 heteroatoms. The summed E-state index contributed by atoms with van der Waals surface area (Å²) in [4.78, 5) is 22.1. The Balaban J connectivity index is 2.72. The summed E-state index contributed by atoms with van der Waals surface area (Å²) in [6, 6.07) is 3.96. The highest BCUT2D eigenvalue weighted by Crippen LogP contribution is 2.17. The summed E-state index contributed by atoms with van der Waals surface area (Å²) < 4.78 is 4.87. The number of ether oxygens (including phenoxy) is 1. The summed E-state index contributed by atoms with van der Waals surface area (Å²) in [7, 11) is 0. The molecule has 0 spiro atoms. The monoisotopic (exact) mass is 250 g/mol. The van der Waals surface area contributed by atoms with Crippen LogP contribution in [0.3, 0.4) is 0 Å². The van der Waals surface area contributed by atoms with E-state index in [0.717, 1.165) is 0 Å².